The number of nitrogens with one attached hydrogen (secondary N) is 1. The van der Waals surface area contributed by atoms with Crippen LogP contribution in [0.1, 0.15) is 48.4 Å². The Morgan fingerprint density at radius 3 is 2.94 bits per heavy atom. The number of likely N-dealkylation sites (tertiary alicyclic amines) is 1. The predicted octanol–water partition coefficient (Wildman–Crippen LogP) is 3.95. The number of nitrogens with zero attached hydrogens (tertiary/aromatic N) is 1. The zero-order valence-corrected chi connectivity index (χ0v) is 17.6. The van der Waals surface area contributed by atoms with Gasteiger partial charge < -0.3 is 14.8 Å². The Balaban J connectivity index is 1.41. The number of hydrogen-bond donors (Lipinski definition) is 1. The number of amides is 1. The molecule has 1 atom stereocenters. The van der Waals surface area contributed by atoms with E-state index in [2.05, 4.69) is 22.3 Å². The minimum Gasteiger partial charge on any atom is -0.487 e. The Kier molecular flexibility index (Phi) is 5.24. The Morgan fingerprint density at radius 2 is 2.06 bits per heavy atom. The number of benzene rings is 2. The number of carbonyl (C=O) groups excluding carboxylic acids is 2. The van der Waals surface area contributed by atoms with Crippen LogP contribution in [0, 0.1) is 0 Å². The molecule has 2 aromatic rings. The highest BCUT2D eigenvalue weighted by atomic mass is 16.5. The van der Waals surface area contributed by atoms with Gasteiger partial charge in [0.05, 0.1) is 12.2 Å². The van der Waals surface area contributed by atoms with Gasteiger partial charge in [-0.05, 0) is 37.9 Å². The van der Waals surface area contributed by atoms with Crippen LogP contribution in [0.5, 0.6) is 0 Å². The molecule has 2 aromatic carbocycles. The predicted molar refractivity (Wildman–Crippen MR) is 118 cm³/mol. The van der Waals surface area contributed by atoms with Gasteiger partial charge in [-0.25, -0.2) is 0 Å². The zero-order valence-electron chi connectivity index (χ0n) is 17.6. The van der Waals surface area contributed by atoms with E-state index in [1.54, 1.807) is 0 Å². The Bertz CT molecular complexity index is 1070. The summed E-state index contributed by atoms with van der Waals surface area (Å²) in [5.74, 6) is 0.398. The Labute approximate surface area is 181 Å². The third-order valence-electron chi connectivity index (χ3n) is 6.24. The van der Waals surface area contributed by atoms with E-state index in [4.69, 9.17) is 9.47 Å². The zero-order chi connectivity index (χ0) is 21.4. The van der Waals surface area contributed by atoms with Gasteiger partial charge in [-0.2, -0.15) is 0 Å². The SMILES string of the molecule is CCOC(=O)C1CCCCN1Cc1ccc2c(c1)CO/C2=C1/C(=O)Nc2ccccc21. The third kappa shape index (κ3) is 3.61. The molecule has 3 aliphatic heterocycles. The molecule has 0 bridgehead atoms. The fraction of sp³-hybridized carbons (Fsp3) is 0.360. The van der Waals surface area contributed by atoms with Crippen LogP contribution in [0.2, 0.25) is 0 Å². The summed E-state index contributed by atoms with van der Waals surface area (Å²) in [6, 6.07) is 13.8. The van der Waals surface area contributed by atoms with E-state index in [0.717, 1.165) is 53.7 Å². The van der Waals surface area contributed by atoms with Gasteiger partial charge in [-0.15, -0.1) is 0 Å². The number of fused-ring (bicyclic) bond motifs is 2. The molecule has 0 radical (unpaired) electrons. The van der Waals surface area contributed by atoms with Gasteiger partial charge in [-0.3, -0.25) is 14.5 Å². The van der Waals surface area contributed by atoms with Gasteiger partial charge in [0.1, 0.15) is 18.4 Å². The van der Waals surface area contributed by atoms with Gasteiger partial charge in [0.25, 0.3) is 5.91 Å². The molecule has 0 saturated carbocycles. The topological polar surface area (TPSA) is 67.9 Å². The fourth-order valence-corrected chi connectivity index (χ4v) is 4.78. The lowest BCUT2D eigenvalue weighted by molar-refractivity contribution is -0.151. The Morgan fingerprint density at radius 1 is 1.19 bits per heavy atom. The van der Waals surface area contributed by atoms with Crippen molar-refractivity contribution >= 4 is 28.9 Å². The molecular weight excluding hydrogens is 392 g/mol. The van der Waals surface area contributed by atoms with E-state index >= 15 is 0 Å². The van der Waals surface area contributed by atoms with Crippen LogP contribution in [-0.4, -0.2) is 36.0 Å². The molecular formula is C25H26N2O4. The number of anilines is 1. The van der Waals surface area contributed by atoms with E-state index in [-0.39, 0.29) is 17.9 Å². The lowest BCUT2D eigenvalue weighted by Gasteiger charge is -2.34. The third-order valence-corrected chi connectivity index (χ3v) is 6.24. The molecule has 0 aliphatic carbocycles. The van der Waals surface area contributed by atoms with Crippen LogP contribution >= 0.6 is 0 Å². The molecule has 31 heavy (non-hydrogen) atoms. The first-order valence-electron chi connectivity index (χ1n) is 11.0. The van der Waals surface area contributed by atoms with E-state index in [9.17, 15) is 9.59 Å². The summed E-state index contributed by atoms with van der Waals surface area (Å²) in [5, 5.41) is 2.92. The quantitative estimate of drug-likeness (QED) is 0.601. The molecule has 1 N–H and O–H groups in total. The fourth-order valence-electron chi connectivity index (χ4n) is 4.78. The minimum absolute atomic E-state index is 0.121. The monoisotopic (exact) mass is 418 g/mol. The average Bonchev–Trinajstić information content (AvgIpc) is 3.33. The van der Waals surface area contributed by atoms with Crippen molar-refractivity contribution in [3.63, 3.8) is 0 Å². The lowest BCUT2D eigenvalue weighted by atomic mass is 9.97. The number of ether oxygens (including phenoxy) is 2. The second kappa shape index (κ2) is 8.19. The average molecular weight is 418 g/mol. The highest BCUT2D eigenvalue weighted by molar-refractivity contribution is 6.36. The summed E-state index contributed by atoms with van der Waals surface area (Å²) in [4.78, 5) is 27.2. The van der Waals surface area contributed by atoms with Crippen molar-refractivity contribution in [1.82, 2.24) is 4.90 Å². The van der Waals surface area contributed by atoms with Gasteiger partial charge in [0, 0.05) is 28.9 Å². The van der Waals surface area contributed by atoms with Crippen molar-refractivity contribution in [2.45, 2.75) is 45.4 Å². The van der Waals surface area contributed by atoms with Crippen molar-refractivity contribution < 1.29 is 19.1 Å². The first-order valence-corrected chi connectivity index (χ1v) is 11.0. The molecule has 1 saturated heterocycles. The summed E-state index contributed by atoms with van der Waals surface area (Å²) in [7, 11) is 0. The van der Waals surface area contributed by atoms with Gasteiger partial charge in [-0.1, -0.05) is 42.8 Å². The number of carbonyl (C=O) groups is 2. The number of piperidine rings is 1. The van der Waals surface area contributed by atoms with Crippen molar-refractivity contribution in [2.24, 2.45) is 0 Å². The van der Waals surface area contributed by atoms with Crippen molar-refractivity contribution in [3.05, 3.63) is 64.7 Å². The molecule has 0 aromatic heterocycles. The number of para-hydroxylation sites is 1. The first kappa shape index (κ1) is 19.8. The van der Waals surface area contributed by atoms with E-state index in [0.29, 0.717) is 31.1 Å². The molecule has 1 amide bonds. The standard InChI is InChI=1S/C25H26N2O4/c1-2-30-25(29)21-9-5-6-12-27(21)14-16-10-11-18-17(13-16)15-31-23(18)22-19-7-3-4-8-20(19)26-24(22)28/h3-4,7-8,10-11,13,21H,2,5-6,9,12,14-15H2,1H3,(H,26,28)/b23-22+. The smallest absolute Gasteiger partial charge is 0.323 e. The highest BCUT2D eigenvalue weighted by Gasteiger charge is 2.33. The molecule has 6 nitrogen and oxygen atoms in total. The molecule has 6 heteroatoms. The molecule has 3 heterocycles. The van der Waals surface area contributed by atoms with Crippen LogP contribution in [0.4, 0.5) is 5.69 Å². The summed E-state index contributed by atoms with van der Waals surface area (Å²) in [5.41, 5.74) is 5.47. The van der Waals surface area contributed by atoms with Crippen molar-refractivity contribution in [1.29, 1.82) is 0 Å². The van der Waals surface area contributed by atoms with Gasteiger partial charge in [0.2, 0.25) is 0 Å². The molecule has 160 valence electrons. The normalized spacial score (nSPS) is 22.5. The first-order chi connectivity index (χ1) is 15.2. The summed E-state index contributed by atoms with van der Waals surface area (Å²) in [6.45, 7) is 4.29. The second-order valence-corrected chi connectivity index (χ2v) is 8.22. The summed E-state index contributed by atoms with van der Waals surface area (Å²) < 4.78 is 11.3. The Hall–Kier alpha value is -3.12. The van der Waals surface area contributed by atoms with E-state index in [1.165, 1.54) is 0 Å². The van der Waals surface area contributed by atoms with Crippen molar-refractivity contribution in [3.8, 4) is 0 Å². The number of esters is 1. The molecule has 1 fully saturated rings. The van der Waals surface area contributed by atoms with Crippen LogP contribution in [0.25, 0.3) is 11.3 Å². The van der Waals surface area contributed by atoms with E-state index < -0.39 is 0 Å². The molecule has 3 aliphatic rings. The number of rotatable bonds is 4. The second-order valence-electron chi connectivity index (χ2n) is 8.22. The molecule has 0 spiro atoms. The number of hydrogen-bond acceptors (Lipinski definition) is 5. The van der Waals surface area contributed by atoms with Gasteiger partial charge in [0.15, 0.2) is 0 Å². The van der Waals surface area contributed by atoms with Crippen LogP contribution in [0.3, 0.4) is 0 Å². The summed E-state index contributed by atoms with van der Waals surface area (Å²) in [6.07, 6.45) is 2.99. The minimum atomic E-state index is -0.172. The van der Waals surface area contributed by atoms with Crippen molar-refractivity contribution in [2.75, 3.05) is 18.5 Å². The van der Waals surface area contributed by atoms with Crippen LogP contribution in [-0.2, 0) is 32.2 Å². The highest BCUT2D eigenvalue weighted by Crippen LogP contribution is 2.41. The maximum atomic E-state index is 12.6. The van der Waals surface area contributed by atoms with Crippen LogP contribution in [0.15, 0.2) is 42.5 Å². The maximum absolute atomic E-state index is 12.6. The summed E-state index contributed by atoms with van der Waals surface area (Å²) >= 11 is 0. The van der Waals surface area contributed by atoms with Crippen LogP contribution < -0.4 is 5.32 Å². The largest absolute Gasteiger partial charge is 0.487 e. The maximum Gasteiger partial charge on any atom is 0.323 e. The van der Waals surface area contributed by atoms with E-state index in [1.807, 2.05) is 37.3 Å². The lowest BCUT2D eigenvalue weighted by Crippen LogP contribution is -2.44. The molecule has 5 rings (SSSR count). The van der Waals surface area contributed by atoms with Gasteiger partial charge >= 0.3 is 5.97 Å². The molecule has 1 unspecified atom stereocenters.